The molecule has 0 amide bonds. The molecule has 7 nitrogen and oxygen atoms in total. The van der Waals surface area contributed by atoms with Crippen LogP contribution < -0.4 is 11.3 Å². The van der Waals surface area contributed by atoms with Crippen molar-refractivity contribution in [1.82, 2.24) is 9.29 Å². The molecule has 1 fully saturated rings. The highest BCUT2D eigenvalue weighted by molar-refractivity contribution is 9.10. The lowest BCUT2D eigenvalue weighted by Gasteiger charge is -2.22. The molecular formula is C11H17BrN4O3S. The predicted molar refractivity (Wildman–Crippen MR) is 78.5 cm³/mol. The van der Waals surface area contributed by atoms with Crippen LogP contribution in [0.3, 0.4) is 0 Å². The highest BCUT2D eigenvalue weighted by atomic mass is 79.9. The van der Waals surface area contributed by atoms with E-state index in [0.29, 0.717) is 30.6 Å². The maximum atomic E-state index is 12.7. The van der Waals surface area contributed by atoms with Crippen molar-refractivity contribution >= 4 is 31.8 Å². The van der Waals surface area contributed by atoms with E-state index >= 15 is 0 Å². The minimum atomic E-state index is -3.67. The van der Waals surface area contributed by atoms with E-state index in [1.165, 1.54) is 16.6 Å². The number of halogens is 1. The molecule has 9 heteroatoms. The van der Waals surface area contributed by atoms with E-state index in [2.05, 4.69) is 26.3 Å². The van der Waals surface area contributed by atoms with Gasteiger partial charge in [0.15, 0.2) is 5.82 Å². The van der Waals surface area contributed by atoms with Crippen LogP contribution in [0.4, 0.5) is 5.82 Å². The zero-order valence-electron chi connectivity index (χ0n) is 11.0. The average molecular weight is 365 g/mol. The van der Waals surface area contributed by atoms with E-state index < -0.39 is 10.0 Å². The molecule has 3 N–H and O–H groups in total. The van der Waals surface area contributed by atoms with Gasteiger partial charge in [-0.05, 0) is 35.3 Å². The number of nitrogen functional groups attached to an aromatic ring is 1. The fraction of sp³-hybridized carbons (Fsp3) is 0.545. The Morgan fingerprint density at radius 2 is 2.35 bits per heavy atom. The lowest BCUT2D eigenvalue weighted by atomic mass is 10.4. The molecule has 1 aliphatic rings. The van der Waals surface area contributed by atoms with E-state index in [-0.39, 0.29) is 16.8 Å². The Hall–Kier alpha value is -0.740. The molecule has 0 saturated carbocycles. The number of nitrogens with one attached hydrogen (secondary N) is 1. The number of aromatic nitrogens is 1. The first-order chi connectivity index (χ1) is 9.45. The molecule has 1 atom stereocenters. The van der Waals surface area contributed by atoms with E-state index in [1.807, 2.05) is 6.92 Å². The Morgan fingerprint density at radius 3 is 3.05 bits per heavy atom. The zero-order valence-corrected chi connectivity index (χ0v) is 13.4. The molecule has 1 saturated heterocycles. The number of pyridine rings is 1. The van der Waals surface area contributed by atoms with Gasteiger partial charge in [-0.3, -0.25) is 0 Å². The third-order valence-corrected chi connectivity index (χ3v) is 5.30. The highest BCUT2D eigenvalue weighted by Gasteiger charge is 2.30. The lowest BCUT2D eigenvalue weighted by Crippen LogP contribution is -2.36. The number of anilines is 1. The number of hydrogen-bond acceptors (Lipinski definition) is 6. The molecule has 2 rings (SSSR count). The molecule has 1 aromatic heterocycles. The molecule has 1 unspecified atom stereocenters. The van der Waals surface area contributed by atoms with Crippen LogP contribution in [0.5, 0.6) is 0 Å². The number of ether oxygens (including phenoxy) is 1. The minimum Gasteiger partial charge on any atom is -0.377 e. The second kappa shape index (κ2) is 6.35. The summed E-state index contributed by atoms with van der Waals surface area (Å²) in [6.45, 7) is 3.16. The Morgan fingerprint density at radius 1 is 1.60 bits per heavy atom. The van der Waals surface area contributed by atoms with Crippen LogP contribution in [0, 0.1) is 0 Å². The Kier molecular flexibility index (Phi) is 4.97. The minimum absolute atomic E-state index is 0.0588. The quantitative estimate of drug-likeness (QED) is 0.611. The summed E-state index contributed by atoms with van der Waals surface area (Å²) in [5.41, 5.74) is 2.33. The van der Waals surface area contributed by atoms with Crippen LogP contribution >= 0.6 is 15.9 Å². The summed E-state index contributed by atoms with van der Waals surface area (Å²) in [4.78, 5) is 4.04. The van der Waals surface area contributed by atoms with E-state index in [9.17, 15) is 8.42 Å². The monoisotopic (exact) mass is 364 g/mol. The highest BCUT2D eigenvalue weighted by Crippen LogP contribution is 2.26. The van der Waals surface area contributed by atoms with Crippen molar-refractivity contribution in [2.45, 2.75) is 24.3 Å². The van der Waals surface area contributed by atoms with Gasteiger partial charge in [0.25, 0.3) is 0 Å². The second-order valence-electron chi connectivity index (χ2n) is 4.54. The number of hydrazine groups is 1. The van der Waals surface area contributed by atoms with Gasteiger partial charge in [-0.1, -0.05) is 0 Å². The third kappa shape index (κ3) is 3.29. The molecular weight excluding hydrogens is 348 g/mol. The lowest BCUT2D eigenvalue weighted by molar-refractivity contribution is 0.0752. The molecule has 0 spiro atoms. The van der Waals surface area contributed by atoms with E-state index in [1.54, 1.807) is 0 Å². The Labute approximate surface area is 126 Å². The van der Waals surface area contributed by atoms with Crippen molar-refractivity contribution in [2.75, 3.05) is 25.1 Å². The fourth-order valence-corrected chi connectivity index (χ4v) is 4.21. The van der Waals surface area contributed by atoms with Crippen LogP contribution in [-0.4, -0.2) is 43.5 Å². The van der Waals surface area contributed by atoms with Gasteiger partial charge in [0.1, 0.15) is 4.90 Å². The first-order valence-corrected chi connectivity index (χ1v) is 8.42. The smallest absolute Gasteiger partial charge is 0.246 e. The topological polar surface area (TPSA) is 97.6 Å². The van der Waals surface area contributed by atoms with Crippen molar-refractivity contribution in [2.24, 2.45) is 5.84 Å². The summed E-state index contributed by atoms with van der Waals surface area (Å²) in [5.74, 6) is 5.48. The van der Waals surface area contributed by atoms with Crippen LogP contribution in [0.15, 0.2) is 21.6 Å². The molecule has 0 bridgehead atoms. The molecule has 0 aliphatic carbocycles. The zero-order chi connectivity index (χ0) is 14.8. The largest absolute Gasteiger partial charge is 0.377 e. The van der Waals surface area contributed by atoms with Gasteiger partial charge in [0.05, 0.1) is 6.10 Å². The van der Waals surface area contributed by atoms with Crippen LogP contribution in [0.2, 0.25) is 0 Å². The van der Waals surface area contributed by atoms with Crippen molar-refractivity contribution in [3.8, 4) is 0 Å². The Balaban J connectivity index is 2.41. The fourth-order valence-electron chi connectivity index (χ4n) is 2.04. The summed E-state index contributed by atoms with van der Waals surface area (Å²) < 4.78 is 32.9. The number of hydrogen-bond donors (Lipinski definition) is 2. The van der Waals surface area contributed by atoms with Gasteiger partial charge in [-0.2, -0.15) is 4.31 Å². The van der Waals surface area contributed by atoms with Gasteiger partial charge in [0.2, 0.25) is 10.0 Å². The number of nitrogens with two attached hydrogens (primary N) is 1. The second-order valence-corrected chi connectivity index (χ2v) is 7.36. The van der Waals surface area contributed by atoms with Crippen LogP contribution in [0.1, 0.15) is 13.3 Å². The summed E-state index contributed by atoms with van der Waals surface area (Å²) >= 11 is 3.23. The van der Waals surface area contributed by atoms with Gasteiger partial charge < -0.3 is 10.2 Å². The third-order valence-electron chi connectivity index (χ3n) is 2.99. The molecule has 20 heavy (non-hydrogen) atoms. The first-order valence-electron chi connectivity index (χ1n) is 6.19. The first kappa shape index (κ1) is 15.6. The summed E-state index contributed by atoms with van der Waals surface area (Å²) in [6.07, 6.45) is 2.01. The maximum Gasteiger partial charge on any atom is 0.246 e. The van der Waals surface area contributed by atoms with Gasteiger partial charge in [-0.25, -0.2) is 19.2 Å². The predicted octanol–water partition coefficient (Wildman–Crippen LogP) is 0.929. The van der Waals surface area contributed by atoms with Crippen molar-refractivity contribution < 1.29 is 13.2 Å². The molecule has 112 valence electrons. The number of sulfonamides is 1. The molecule has 0 aromatic carbocycles. The van der Waals surface area contributed by atoms with Gasteiger partial charge in [0, 0.05) is 30.4 Å². The molecule has 2 heterocycles. The standard InChI is InChI=1S/C11H17BrN4O3S/c1-8-7-16(3-2-4-19-8)20(17,18)10-5-9(12)6-14-11(10)15-13/h5-6,8H,2-4,7,13H2,1H3,(H,14,15). The summed E-state index contributed by atoms with van der Waals surface area (Å²) in [5, 5.41) is 0. The number of nitrogens with zero attached hydrogens (tertiary/aromatic N) is 2. The maximum absolute atomic E-state index is 12.7. The SMILES string of the molecule is CC1CN(S(=O)(=O)c2cc(Br)cnc2NN)CCCO1. The van der Waals surface area contributed by atoms with Gasteiger partial charge >= 0.3 is 0 Å². The van der Waals surface area contributed by atoms with Gasteiger partial charge in [-0.15, -0.1) is 0 Å². The normalized spacial score (nSPS) is 21.4. The molecule has 0 radical (unpaired) electrons. The molecule has 1 aromatic rings. The van der Waals surface area contributed by atoms with Crippen molar-refractivity contribution in [3.63, 3.8) is 0 Å². The summed E-state index contributed by atoms with van der Waals surface area (Å²) in [6, 6.07) is 1.49. The van der Waals surface area contributed by atoms with Crippen LogP contribution in [-0.2, 0) is 14.8 Å². The molecule has 1 aliphatic heterocycles. The van der Waals surface area contributed by atoms with E-state index in [4.69, 9.17) is 10.6 Å². The average Bonchev–Trinajstić information content (AvgIpc) is 2.64. The van der Waals surface area contributed by atoms with Crippen molar-refractivity contribution in [3.05, 3.63) is 16.7 Å². The van der Waals surface area contributed by atoms with E-state index in [0.717, 1.165) is 0 Å². The van der Waals surface area contributed by atoms with Crippen LogP contribution in [0.25, 0.3) is 0 Å². The van der Waals surface area contributed by atoms with Crippen molar-refractivity contribution in [1.29, 1.82) is 0 Å². The Bertz CT molecular complexity index is 581. The summed E-state index contributed by atoms with van der Waals surface area (Å²) in [7, 11) is -3.67. The number of rotatable bonds is 3.